The second-order valence-corrected chi connectivity index (χ2v) is 7.26. The summed E-state index contributed by atoms with van der Waals surface area (Å²) < 4.78 is 51.0. The molecule has 0 amide bonds. The molecule has 1 heterocycles. The zero-order chi connectivity index (χ0) is 24.4. The van der Waals surface area contributed by atoms with Crippen LogP contribution >= 0.6 is 0 Å². The third-order valence-corrected chi connectivity index (χ3v) is 5.37. The van der Waals surface area contributed by atoms with Crippen molar-refractivity contribution in [3.05, 3.63) is 66.2 Å². The van der Waals surface area contributed by atoms with E-state index < -0.39 is 11.6 Å². The van der Waals surface area contributed by atoms with Crippen LogP contribution in [0.3, 0.4) is 0 Å². The van der Waals surface area contributed by atoms with Gasteiger partial charge in [0.05, 0.1) is 39.7 Å². The molecule has 2 N–H and O–H groups in total. The van der Waals surface area contributed by atoms with Crippen LogP contribution in [0.15, 0.2) is 54.6 Å². The number of hydrogen-bond acceptors (Lipinski definition) is 6. The van der Waals surface area contributed by atoms with Crippen molar-refractivity contribution in [3.63, 3.8) is 0 Å². The van der Waals surface area contributed by atoms with Gasteiger partial charge in [-0.2, -0.15) is 5.10 Å². The molecule has 34 heavy (non-hydrogen) atoms. The number of methoxy groups -OCH3 is 4. The average molecular weight is 467 g/mol. The zero-order valence-electron chi connectivity index (χ0n) is 19.1. The molecule has 0 unspecified atom stereocenters. The Labute approximate surface area is 195 Å². The number of benzene rings is 3. The summed E-state index contributed by atoms with van der Waals surface area (Å²) in [5.41, 5.74) is 9.04. The summed E-state index contributed by atoms with van der Waals surface area (Å²) in [6, 6.07) is 13.7. The first-order chi connectivity index (χ1) is 16.4. The molecule has 0 spiro atoms. The first-order valence-electron chi connectivity index (χ1n) is 10.2. The molecule has 3 aromatic carbocycles. The van der Waals surface area contributed by atoms with Gasteiger partial charge in [-0.1, -0.05) is 6.07 Å². The van der Waals surface area contributed by atoms with E-state index >= 15 is 0 Å². The van der Waals surface area contributed by atoms with E-state index in [2.05, 4.69) is 0 Å². The van der Waals surface area contributed by atoms with Gasteiger partial charge in [0.1, 0.15) is 17.3 Å². The van der Waals surface area contributed by atoms with Crippen LogP contribution in [-0.4, -0.2) is 38.2 Å². The predicted molar refractivity (Wildman–Crippen MR) is 125 cm³/mol. The van der Waals surface area contributed by atoms with Crippen LogP contribution in [0.2, 0.25) is 0 Å². The van der Waals surface area contributed by atoms with Crippen molar-refractivity contribution in [2.24, 2.45) is 0 Å². The Kier molecular flexibility index (Phi) is 6.27. The van der Waals surface area contributed by atoms with Crippen molar-refractivity contribution in [2.75, 3.05) is 34.2 Å². The Hall–Kier alpha value is -4.27. The van der Waals surface area contributed by atoms with Crippen molar-refractivity contribution in [1.29, 1.82) is 0 Å². The lowest BCUT2D eigenvalue weighted by molar-refractivity contribution is 0.324. The second kappa shape index (κ2) is 9.30. The number of nitrogen functional groups attached to an aromatic ring is 1. The van der Waals surface area contributed by atoms with Crippen molar-refractivity contribution >= 4 is 5.82 Å². The Morgan fingerprint density at radius 2 is 1.35 bits per heavy atom. The molecule has 0 aliphatic heterocycles. The number of anilines is 1. The molecule has 0 aliphatic rings. The summed E-state index contributed by atoms with van der Waals surface area (Å²) in [7, 11) is 5.91. The van der Waals surface area contributed by atoms with Crippen LogP contribution < -0.4 is 24.7 Å². The van der Waals surface area contributed by atoms with Gasteiger partial charge >= 0.3 is 0 Å². The molecule has 0 bridgehead atoms. The van der Waals surface area contributed by atoms with Gasteiger partial charge in [-0.25, -0.2) is 13.5 Å². The lowest BCUT2D eigenvalue weighted by Gasteiger charge is -2.14. The summed E-state index contributed by atoms with van der Waals surface area (Å²) >= 11 is 0. The quantitative estimate of drug-likeness (QED) is 0.407. The van der Waals surface area contributed by atoms with Gasteiger partial charge in [-0.3, -0.25) is 0 Å². The van der Waals surface area contributed by atoms with Crippen LogP contribution in [0.4, 0.5) is 14.6 Å². The Morgan fingerprint density at radius 1 is 0.735 bits per heavy atom. The van der Waals surface area contributed by atoms with E-state index in [4.69, 9.17) is 29.8 Å². The van der Waals surface area contributed by atoms with Gasteiger partial charge in [0.2, 0.25) is 5.75 Å². The number of ether oxygens (including phenoxy) is 4. The smallest absolute Gasteiger partial charge is 0.203 e. The first-order valence-corrected chi connectivity index (χ1v) is 10.2. The molecule has 0 atom stereocenters. The molecule has 0 saturated carbocycles. The molecule has 0 fully saturated rings. The fourth-order valence-corrected chi connectivity index (χ4v) is 3.74. The van der Waals surface area contributed by atoms with Gasteiger partial charge in [0.25, 0.3) is 0 Å². The topological polar surface area (TPSA) is 80.8 Å². The van der Waals surface area contributed by atoms with E-state index in [1.807, 2.05) is 0 Å². The maximum atomic E-state index is 14.6. The number of aromatic nitrogens is 2. The zero-order valence-corrected chi connectivity index (χ0v) is 19.1. The van der Waals surface area contributed by atoms with Crippen LogP contribution in [-0.2, 0) is 0 Å². The fraction of sp³-hybridized carbons (Fsp3) is 0.160. The van der Waals surface area contributed by atoms with Crippen LogP contribution in [0.5, 0.6) is 23.0 Å². The predicted octanol–water partition coefficient (Wildman–Crippen LogP) is 5.10. The SMILES string of the molecule is COc1ccc(-c2c(-c3cc(OC)c(OC)c(OC)c3)nn(-c3ccc(F)cc3)c2N)cc1F. The Bertz CT molecular complexity index is 1310. The van der Waals surface area contributed by atoms with E-state index in [1.54, 1.807) is 30.3 Å². The highest BCUT2D eigenvalue weighted by molar-refractivity contribution is 5.90. The van der Waals surface area contributed by atoms with Gasteiger partial charge < -0.3 is 24.7 Å². The molecule has 0 aliphatic carbocycles. The molecule has 1 aromatic heterocycles. The number of nitrogens with zero attached hydrogens (tertiary/aromatic N) is 2. The normalized spacial score (nSPS) is 10.8. The molecular formula is C25H23F2N3O4. The molecule has 0 saturated heterocycles. The minimum absolute atomic E-state index is 0.0996. The minimum Gasteiger partial charge on any atom is -0.494 e. The summed E-state index contributed by atoms with van der Waals surface area (Å²) in [4.78, 5) is 0. The summed E-state index contributed by atoms with van der Waals surface area (Å²) in [6.45, 7) is 0. The van der Waals surface area contributed by atoms with Gasteiger partial charge in [-0.15, -0.1) is 0 Å². The molecule has 0 radical (unpaired) electrons. The van der Waals surface area contributed by atoms with Gasteiger partial charge in [0, 0.05) is 5.56 Å². The number of rotatable bonds is 7. The molecular weight excluding hydrogens is 444 g/mol. The number of nitrogens with two attached hydrogens (primary N) is 1. The maximum absolute atomic E-state index is 14.6. The van der Waals surface area contributed by atoms with Crippen molar-refractivity contribution in [2.45, 2.75) is 0 Å². The lowest BCUT2D eigenvalue weighted by Crippen LogP contribution is -2.02. The summed E-state index contributed by atoms with van der Waals surface area (Å²) in [5.74, 6) is 0.637. The highest BCUT2D eigenvalue weighted by atomic mass is 19.1. The van der Waals surface area contributed by atoms with Crippen molar-refractivity contribution in [1.82, 2.24) is 9.78 Å². The highest BCUT2D eigenvalue weighted by Gasteiger charge is 2.24. The van der Waals surface area contributed by atoms with Crippen LogP contribution in [0, 0.1) is 11.6 Å². The van der Waals surface area contributed by atoms with Crippen molar-refractivity contribution in [3.8, 4) is 51.1 Å². The monoisotopic (exact) mass is 467 g/mol. The lowest BCUT2D eigenvalue weighted by atomic mass is 9.99. The molecule has 4 aromatic rings. The van der Waals surface area contributed by atoms with E-state index in [1.165, 1.54) is 57.4 Å². The Morgan fingerprint density at radius 3 is 1.88 bits per heavy atom. The second-order valence-electron chi connectivity index (χ2n) is 7.26. The van der Waals surface area contributed by atoms with E-state index in [-0.39, 0.29) is 11.6 Å². The minimum atomic E-state index is -0.551. The van der Waals surface area contributed by atoms with E-state index in [0.29, 0.717) is 45.3 Å². The fourth-order valence-electron chi connectivity index (χ4n) is 3.74. The molecule has 4 rings (SSSR count). The number of hydrogen-bond donors (Lipinski definition) is 1. The maximum Gasteiger partial charge on any atom is 0.203 e. The van der Waals surface area contributed by atoms with Gasteiger partial charge in [-0.05, 0) is 54.1 Å². The third kappa shape index (κ3) is 3.96. The Balaban J connectivity index is 2.01. The molecule has 7 nitrogen and oxygen atoms in total. The highest BCUT2D eigenvalue weighted by Crippen LogP contribution is 2.45. The third-order valence-electron chi connectivity index (χ3n) is 5.37. The van der Waals surface area contributed by atoms with E-state index in [0.717, 1.165) is 0 Å². The van der Waals surface area contributed by atoms with E-state index in [9.17, 15) is 8.78 Å². The van der Waals surface area contributed by atoms with Crippen LogP contribution in [0.25, 0.3) is 28.1 Å². The van der Waals surface area contributed by atoms with Gasteiger partial charge in [0.15, 0.2) is 23.1 Å². The molecule has 9 heteroatoms. The summed E-state index contributed by atoms with van der Waals surface area (Å²) in [6.07, 6.45) is 0. The standard InChI is InChI=1S/C25H23F2N3O4/c1-31-19-10-5-14(11-18(19)27)22-23(15-12-20(32-2)24(34-4)21(13-15)33-3)29-30(25(22)28)17-8-6-16(26)7-9-17/h5-13H,28H2,1-4H3. The van der Waals surface area contributed by atoms with Crippen LogP contribution in [0.1, 0.15) is 0 Å². The number of halogens is 2. The largest absolute Gasteiger partial charge is 0.494 e. The first kappa shape index (κ1) is 22.9. The summed E-state index contributed by atoms with van der Waals surface area (Å²) in [5, 5.41) is 4.70. The molecule has 176 valence electrons. The average Bonchev–Trinajstić information content (AvgIpc) is 3.20. The van der Waals surface area contributed by atoms with Crippen molar-refractivity contribution < 1.29 is 27.7 Å².